The Morgan fingerprint density at radius 3 is 2.00 bits per heavy atom. The van der Waals surface area contributed by atoms with Crippen molar-refractivity contribution >= 4 is 6.21 Å². The third-order valence-corrected chi connectivity index (χ3v) is 5.89. The molecule has 0 saturated carbocycles. The van der Waals surface area contributed by atoms with Gasteiger partial charge in [0.15, 0.2) is 0 Å². The van der Waals surface area contributed by atoms with Crippen LogP contribution in [0.1, 0.15) is 22.7 Å². The zero-order valence-corrected chi connectivity index (χ0v) is 15.8. The van der Waals surface area contributed by atoms with Gasteiger partial charge in [-0.05, 0) is 41.0 Å². The van der Waals surface area contributed by atoms with Gasteiger partial charge in [0.1, 0.15) is 11.8 Å². The summed E-state index contributed by atoms with van der Waals surface area (Å²) in [7, 11) is 0. The van der Waals surface area contributed by atoms with E-state index >= 15 is 0 Å². The molecule has 0 aromatic heterocycles. The Hall–Kier alpha value is -3.11. The van der Waals surface area contributed by atoms with E-state index in [2.05, 4.69) is 58.6 Å². The number of nitrogens with zero attached hydrogens (tertiary/aromatic N) is 2. The van der Waals surface area contributed by atoms with Crippen molar-refractivity contribution in [3.8, 4) is 16.9 Å². The molecule has 1 fully saturated rings. The number of fused-ring (bicyclic) bond motifs is 3. The van der Waals surface area contributed by atoms with Gasteiger partial charge < -0.3 is 10.0 Å². The van der Waals surface area contributed by atoms with Crippen molar-refractivity contribution in [1.82, 2.24) is 5.01 Å². The van der Waals surface area contributed by atoms with E-state index < -0.39 is 0 Å². The molecule has 0 amide bonds. The van der Waals surface area contributed by atoms with Crippen molar-refractivity contribution < 1.29 is 10.0 Å². The van der Waals surface area contributed by atoms with Crippen molar-refractivity contribution in [1.29, 1.82) is 0 Å². The van der Waals surface area contributed by atoms with E-state index in [0.29, 0.717) is 6.04 Å². The van der Waals surface area contributed by atoms with E-state index in [-0.39, 0.29) is 5.75 Å². The highest BCUT2D eigenvalue weighted by Gasteiger charge is 2.37. The normalized spacial score (nSPS) is 17.1. The molecule has 3 aromatic carbocycles. The predicted octanol–water partition coefficient (Wildman–Crippen LogP) is 2.70. The average molecular weight is 370 g/mol. The largest absolute Gasteiger partial charge is 0.508 e. The van der Waals surface area contributed by atoms with Gasteiger partial charge in [-0.25, -0.2) is 0 Å². The minimum absolute atomic E-state index is 0.284. The first-order valence-corrected chi connectivity index (χ1v) is 9.90. The summed E-state index contributed by atoms with van der Waals surface area (Å²) in [5.74, 6) is 0.284. The predicted molar refractivity (Wildman–Crippen MR) is 112 cm³/mol. The second-order valence-corrected chi connectivity index (χ2v) is 7.56. The Morgan fingerprint density at radius 1 is 0.821 bits per heavy atom. The second-order valence-electron chi connectivity index (χ2n) is 7.56. The summed E-state index contributed by atoms with van der Waals surface area (Å²) in [6.45, 7) is 4.04. The maximum Gasteiger partial charge on any atom is 0.140 e. The Morgan fingerprint density at radius 2 is 1.39 bits per heavy atom. The van der Waals surface area contributed by atoms with Crippen LogP contribution in [0.5, 0.6) is 5.75 Å². The van der Waals surface area contributed by atoms with Gasteiger partial charge in [-0.3, -0.25) is 5.01 Å². The zero-order valence-electron chi connectivity index (χ0n) is 15.8. The van der Waals surface area contributed by atoms with E-state index in [1.54, 1.807) is 17.0 Å². The fraction of sp³-hybridized carbons (Fsp3) is 0.208. The van der Waals surface area contributed by atoms with Crippen molar-refractivity contribution in [2.24, 2.45) is 5.10 Å². The number of hydrogen-bond donors (Lipinski definition) is 2. The Kier molecular flexibility index (Phi) is 4.34. The van der Waals surface area contributed by atoms with Gasteiger partial charge in [0.2, 0.25) is 0 Å². The topological polar surface area (TPSA) is 40.3 Å². The molecule has 140 valence electrons. The molecule has 2 N–H and O–H groups in total. The number of aromatic hydroxyl groups is 1. The number of phenols is 1. The summed E-state index contributed by atoms with van der Waals surface area (Å²) in [5, 5.41) is 16.2. The molecule has 0 unspecified atom stereocenters. The van der Waals surface area contributed by atoms with Crippen molar-refractivity contribution in [2.75, 3.05) is 26.2 Å². The summed E-state index contributed by atoms with van der Waals surface area (Å²) in [4.78, 5) is 1.62. The molecule has 3 aromatic rings. The van der Waals surface area contributed by atoms with E-state index in [1.807, 2.05) is 18.3 Å². The van der Waals surface area contributed by atoms with E-state index in [4.69, 9.17) is 0 Å². The molecule has 4 heteroatoms. The van der Waals surface area contributed by atoms with Crippen LogP contribution in [-0.4, -0.2) is 42.5 Å². The molecule has 4 nitrogen and oxygen atoms in total. The highest BCUT2D eigenvalue weighted by atomic mass is 16.3. The standard InChI is InChI=1S/C24H23N3O/c28-19-11-9-18(10-12-19)17-25-27-15-13-26(14-16-27)24-22-7-3-1-5-20(22)21-6-2-4-8-23(21)24/h1-12,17,24,28H,13-16H2/p+1/b25-17+. The molecule has 1 heterocycles. The number of rotatable bonds is 3. The van der Waals surface area contributed by atoms with Crippen molar-refractivity contribution in [2.45, 2.75) is 6.04 Å². The summed E-state index contributed by atoms with van der Waals surface area (Å²) in [5.41, 5.74) is 6.71. The van der Waals surface area contributed by atoms with E-state index in [1.165, 1.54) is 22.3 Å². The van der Waals surface area contributed by atoms with Crippen LogP contribution in [-0.2, 0) is 0 Å². The Labute approximate surface area is 165 Å². The lowest BCUT2D eigenvalue weighted by atomic mass is 10.0. The maximum absolute atomic E-state index is 9.39. The smallest absolute Gasteiger partial charge is 0.140 e. The first-order chi connectivity index (χ1) is 13.8. The van der Waals surface area contributed by atoms with Crippen LogP contribution in [0.4, 0.5) is 0 Å². The van der Waals surface area contributed by atoms with E-state index in [0.717, 1.165) is 31.7 Å². The van der Waals surface area contributed by atoms with Crippen LogP contribution in [0, 0.1) is 0 Å². The van der Waals surface area contributed by atoms with E-state index in [9.17, 15) is 5.11 Å². The molecule has 1 aliphatic heterocycles. The van der Waals surface area contributed by atoms with Crippen LogP contribution in [0.3, 0.4) is 0 Å². The number of phenolic OH excluding ortho intramolecular Hbond substituents is 1. The molecule has 1 aliphatic carbocycles. The fourth-order valence-electron chi connectivity index (χ4n) is 4.49. The molecule has 0 bridgehead atoms. The van der Waals surface area contributed by atoms with Gasteiger partial charge in [0.05, 0.1) is 32.4 Å². The molecule has 0 radical (unpaired) electrons. The van der Waals surface area contributed by atoms with Crippen LogP contribution in [0.2, 0.25) is 0 Å². The van der Waals surface area contributed by atoms with Gasteiger partial charge in [-0.1, -0.05) is 48.5 Å². The first kappa shape index (κ1) is 17.0. The van der Waals surface area contributed by atoms with Gasteiger partial charge >= 0.3 is 0 Å². The van der Waals surface area contributed by atoms with Crippen molar-refractivity contribution in [3.05, 3.63) is 89.5 Å². The molecule has 2 aliphatic rings. The molecular formula is C24H24N3O+. The number of benzene rings is 3. The van der Waals surface area contributed by atoms with Crippen LogP contribution in [0.15, 0.2) is 77.9 Å². The lowest BCUT2D eigenvalue weighted by Gasteiger charge is -2.34. The Bertz CT molecular complexity index is 959. The SMILES string of the molecule is Oc1ccc(/C=N/N2CC[NH+](C3c4ccccc4-c4ccccc43)CC2)cc1. The van der Waals surface area contributed by atoms with Crippen LogP contribution >= 0.6 is 0 Å². The number of quaternary nitrogens is 1. The van der Waals surface area contributed by atoms with Gasteiger partial charge in [0.25, 0.3) is 0 Å². The lowest BCUT2D eigenvalue weighted by molar-refractivity contribution is -0.929. The molecule has 1 saturated heterocycles. The van der Waals surface area contributed by atoms with Gasteiger partial charge in [-0.2, -0.15) is 5.10 Å². The molecular weight excluding hydrogens is 346 g/mol. The quantitative estimate of drug-likeness (QED) is 0.696. The number of hydrogen-bond acceptors (Lipinski definition) is 3. The fourth-order valence-corrected chi connectivity index (χ4v) is 4.49. The minimum atomic E-state index is 0.284. The first-order valence-electron chi connectivity index (χ1n) is 9.90. The van der Waals surface area contributed by atoms with Crippen LogP contribution in [0.25, 0.3) is 11.1 Å². The summed E-state index contributed by atoms with van der Waals surface area (Å²) >= 11 is 0. The molecule has 5 rings (SSSR count). The van der Waals surface area contributed by atoms with Gasteiger partial charge in [-0.15, -0.1) is 0 Å². The van der Waals surface area contributed by atoms with Gasteiger partial charge in [0, 0.05) is 11.1 Å². The third-order valence-electron chi connectivity index (χ3n) is 5.89. The summed E-state index contributed by atoms with van der Waals surface area (Å²) in [6, 6.07) is 25.3. The average Bonchev–Trinajstić information content (AvgIpc) is 3.08. The highest BCUT2D eigenvalue weighted by Crippen LogP contribution is 2.41. The monoisotopic (exact) mass is 370 g/mol. The Balaban J connectivity index is 1.31. The lowest BCUT2D eigenvalue weighted by Crippen LogP contribution is -3.14. The molecule has 0 atom stereocenters. The van der Waals surface area contributed by atoms with Crippen LogP contribution < -0.4 is 4.90 Å². The maximum atomic E-state index is 9.39. The number of piperazine rings is 1. The summed E-state index contributed by atoms with van der Waals surface area (Å²) < 4.78 is 0. The second kappa shape index (κ2) is 7.13. The molecule has 0 spiro atoms. The zero-order chi connectivity index (χ0) is 18.9. The molecule has 28 heavy (non-hydrogen) atoms. The highest BCUT2D eigenvalue weighted by molar-refractivity contribution is 5.79. The minimum Gasteiger partial charge on any atom is -0.508 e. The summed E-state index contributed by atoms with van der Waals surface area (Å²) in [6.07, 6.45) is 1.88. The number of hydrazone groups is 1. The third kappa shape index (κ3) is 3.06. The number of nitrogens with one attached hydrogen (secondary N) is 1. The van der Waals surface area contributed by atoms with Crippen molar-refractivity contribution in [3.63, 3.8) is 0 Å².